The minimum atomic E-state index is 0.113. The number of hydrogen-bond acceptors (Lipinski definition) is 1. The minimum Gasteiger partial charge on any atom is -0.392 e. The summed E-state index contributed by atoms with van der Waals surface area (Å²) in [5.41, 5.74) is 2.21. The van der Waals surface area contributed by atoms with Gasteiger partial charge in [0.1, 0.15) is 0 Å². The molecular formula is C14H18O. The summed E-state index contributed by atoms with van der Waals surface area (Å²) in [5.74, 6) is 0. The van der Waals surface area contributed by atoms with E-state index >= 15 is 0 Å². The maximum absolute atomic E-state index is 9.16. The third kappa shape index (κ3) is 2.57. The van der Waals surface area contributed by atoms with Crippen molar-refractivity contribution in [1.29, 1.82) is 0 Å². The molecule has 1 heteroatoms. The second-order valence-corrected chi connectivity index (χ2v) is 3.30. The van der Waals surface area contributed by atoms with Crippen LogP contribution in [0.5, 0.6) is 0 Å². The van der Waals surface area contributed by atoms with Crippen molar-refractivity contribution in [2.24, 2.45) is 0 Å². The maximum atomic E-state index is 9.16. The largest absolute Gasteiger partial charge is 0.392 e. The molecule has 0 radical (unpaired) electrons. The smallest absolute Gasteiger partial charge is 0.0687 e. The van der Waals surface area contributed by atoms with Gasteiger partial charge >= 0.3 is 0 Å². The van der Waals surface area contributed by atoms with Crippen molar-refractivity contribution >= 4 is 10.8 Å². The van der Waals surface area contributed by atoms with Crippen molar-refractivity contribution in [1.82, 2.24) is 0 Å². The molecule has 80 valence electrons. The lowest BCUT2D eigenvalue weighted by Gasteiger charge is -2.04. The van der Waals surface area contributed by atoms with E-state index in [4.69, 9.17) is 5.11 Å². The zero-order chi connectivity index (χ0) is 11.3. The number of aryl methyl sites for hydroxylation is 1. The van der Waals surface area contributed by atoms with Crippen LogP contribution in [-0.2, 0) is 6.61 Å². The van der Waals surface area contributed by atoms with Gasteiger partial charge in [0.2, 0.25) is 0 Å². The SMILES string of the molecule is CC.Cc1cc(CO)c2ccccc2c1. The number of benzene rings is 2. The Balaban J connectivity index is 0.000000531. The molecule has 0 aromatic heterocycles. The summed E-state index contributed by atoms with van der Waals surface area (Å²) in [5, 5.41) is 11.5. The van der Waals surface area contributed by atoms with E-state index in [1.807, 2.05) is 45.0 Å². The first-order chi connectivity index (χ1) is 7.31. The Morgan fingerprint density at radius 3 is 2.40 bits per heavy atom. The standard InChI is InChI=1S/C12H12O.C2H6/c1-9-6-10-4-2-3-5-12(10)11(7-9)8-13;1-2/h2-7,13H,8H2,1H3;1-2H3. The second-order valence-electron chi connectivity index (χ2n) is 3.30. The molecule has 0 saturated heterocycles. The molecule has 0 aliphatic heterocycles. The average molecular weight is 202 g/mol. The number of fused-ring (bicyclic) bond motifs is 1. The van der Waals surface area contributed by atoms with E-state index in [0.717, 1.165) is 10.9 Å². The molecule has 1 N–H and O–H groups in total. The van der Waals surface area contributed by atoms with Gasteiger partial charge in [-0.1, -0.05) is 55.8 Å². The first-order valence-electron chi connectivity index (χ1n) is 5.40. The van der Waals surface area contributed by atoms with Crippen LogP contribution in [0.15, 0.2) is 36.4 Å². The maximum Gasteiger partial charge on any atom is 0.0687 e. The predicted octanol–water partition coefficient (Wildman–Crippen LogP) is 3.67. The predicted molar refractivity (Wildman–Crippen MR) is 66.0 cm³/mol. The lowest BCUT2D eigenvalue weighted by Crippen LogP contribution is -1.87. The van der Waals surface area contributed by atoms with Gasteiger partial charge in [0.05, 0.1) is 6.61 Å². The molecule has 0 amide bonds. The Bertz CT molecular complexity index is 432. The monoisotopic (exact) mass is 202 g/mol. The van der Waals surface area contributed by atoms with E-state index < -0.39 is 0 Å². The highest BCUT2D eigenvalue weighted by atomic mass is 16.3. The molecule has 0 bridgehead atoms. The van der Waals surface area contributed by atoms with Crippen LogP contribution in [0.2, 0.25) is 0 Å². The quantitative estimate of drug-likeness (QED) is 0.748. The van der Waals surface area contributed by atoms with Gasteiger partial charge in [-0.2, -0.15) is 0 Å². The van der Waals surface area contributed by atoms with Crippen molar-refractivity contribution in [3.05, 3.63) is 47.5 Å². The topological polar surface area (TPSA) is 20.2 Å². The zero-order valence-corrected chi connectivity index (χ0v) is 9.62. The third-order valence-electron chi connectivity index (χ3n) is 2.26. The average Bonchev–Trinajstić information content (AvgIpc) is 2.30. The summed E-state index contributed by atoms with van der Waals surface area (Å²) in [6.07, 6.45) is 0. The van der Waals surface area contributed by atoms with Crippen LogP contribution in [0, 0.1) is 6.92 Å². The van der Waals surface area contributed by atoms with Crippen LogP contribution in [0.1, 0.15) is 25.0 Å². The molecule has 0 spiro atoms. The summed E-state index contributed by atoms with van der Waals surface area (Å²) in [6, 6.07) is 12.3. The van der Waals surface area contributed by atoms with Gasteiger partial charge in [-0.15, -0.1) is 0 Å². The molecule has 0 aliphatic carbocycles. The molecule has 2 aromatic carbocycles. The fourth-order valence-electron chi connectivity index (χ4n) is 1.69. The number of rotatable bonds is 1. The number of hydrogen-bond donors (Lipinski definition) is 1. The van der Waals surface area contributed by atoms with Gasteiger partial charge in [-0.25, -0.2) is 0 Å². The molecule has 0 aliphatic rings. The van der Waals surface area contributed by atoms with E-state index in [9.17, 15) is 0 Å². The molecular weight excluding hydrogens is 184 g/mol. The molecule has 0 fully saturated rings. The lowest BCUT2D eigenvalue weighted by atomic mass is 10.0. The highest BCUT2D eigenvalue weighted by Crippen LogP contribution is 2.20. The summed E-state index contributed by atoms with van der Waals surface area (Å²) in [7, 11) is 0. The van der Waals surface area contributed by atoms with E-state index in [-0.39, 0.29) is 6.61 Å². The van der Waals surface area contributed by atoms with Gasteiger partial charge in [0.15, 0.2) is 0 Å². The van der Waals surface area contributed by atoms with Crippen molar-refractivity contribution in [3.8, 4) is 0 Å². The Hall–Kier alpha value is -1.34. The van der Waals surface area contributed by atoms with Crippen LogP contribution >= 0.6 is 0 Å². The van der Waals surface area contributed by atoms with Crippen molar-refractivity contribution < 1.29 is 5.11 Å². The minimum absolute atomic E-state index is 0.113. The number of aliphatic hydroxyl groups is 1. The zero-order valence-electron chi connectivity index (χ0n) is 9.62. The molecule has 0 unspecified atom stereocenters. The fourth-order valence-corrected chi connectivity index (χ4v) is 1.69. The van der Waals surface area contributed by atoms with Gasteiger partial charge in [-0.05, 0) is 23.3 Å². The van der Waals surface area contributed by atoms with Crippen LogP contribution in [0.3, 0.4) is 0 Å². The van der Waals surface area contributed by atoms with Crippen molar-refractivity contribution in [2.45, 2.75) is 27.4 Å². The molecule has 2 rings (SSSR count). The van der Waals surface area contributed by atoms with E-state index in [2.05, 4.69) is 12.1 Å². The van der Waals surface area contributed by atoms with Gasteiger partial charge in [-0.3, -0.25) is 0 Å². The Morgan fingerprint density at radius 1 is 1.07 bits per heavy atom. The molecule has 15 heavy (non-hydrogen) atoms. The second kappa shape index (κ2) is 5.52. The van der Waals surface area contributed by atoms with Gasteiger partial charge in [0.25, 0.3) is 0 Å². The highest BCUT2D eigenvalue weighted by Gasteiger charge is 1.99. The fraction of sp³-hybridized carbons (Fsp3) is 0.286. The Morgan fingerprint density at radius 2 is 1.73 bits per heavy atom. The van der Waals surface area contributed by atoms with Crippen LogP contribution in [0.25, 0.3) is 10.8 Å². The first kappa shape index (κ1) is 11.7. The molecule has 1 nitrogen and oxygen atoms in total. The Labute approximate surface area is 91.4 Å². The molecule has 2 aromatic rings. The lowest BCUT2D eigenvalue weighted by molar-refractivity contribution is 0.283. The summed E-state index contributed by atoms with van der Waals surface area (Å²) >= 11 is 0. The van der Waals surface area contributed by atoms with Crippen LogP contribution < -0.4 is 0 Å². The highest BCUT2D eigenvalue weighted by molar-refractivity contribution is 5.86. The molecule has 0 atom stereocenters. The van der Waals surface area contributed by atoms with E-state index in [1.54, 1.807) is 0 Å². The van der Waals surface area contributed by atoms with Crippen LogP contribution in [0.4, 0.5) is 0 Å². The summed E-state index contributed by atoms with van der Waals surface area (Å²) in [4.78, 5) is 0. The van der Waals surface area contributed by atoms with Gasteiger partial charge < -0.3 is 5.11 Å². The Kier molecular flexibility index (Phi) is 4.32. The third-order valence-corrected chi connectivity index (χ3v) is 2.26. The molecule has 0 heterocycles. The number of aliphatic hydroxyl groups excluding tert-OH is 1. The van der Waals surface area contributed by atoms with E-state index in [0.29, 0.717) is 0 Å². The summed E-state index contributed by atoms with van der Waals surface area (Å²) in [6.45, 7) is 6.16. The van der Waals surface area contributed by atoms with Crippen molar-refractivity contribution in [3.63, 3.8) is 0 Å². The normalized spacial score (nSPS) is 9.60. The van der Waals surface area contributed by atoms with E-state index in [1.165, 1.54) is 10.9 Å². The van der Waals surface area contributed by atoms with Crippen molar-refractivity contribution in [2.75, 3.05) is 0 Å². The molecule has 0 saturated carbocycles. The van der Waals surface area contributed by atoms with Crippen LogP contribution in [-0.4, -0.2) is 5.11 Å². The van der Waals surface area contributed by atoms with Gasteiger partial charge in [0, 0.05) is 0 Å². The summed E-state index contributed by atoms with van der Waals surface area (Å²) < 4.78 is 0. The first-order valence-corrected chi connectivity index (χ1v) is 5.40.